The van der Waals surface area contributed by atoms with Crippen molar-refractivity contribution >= 4 is 23.2 Å². The molecule has 2 atom stereocenters. The molecule has 0 spiro atoms. The summed E-state index contributed by atoms with van der Waals surface area (Å²) in [5, 5.41) is 2.88. The number of hydrogen-bond acceptors (Lipinski definition) is 4. The molecule has 1 aliphatic heterocycles. The molecule has 6 nitrogen and oxygen atoms in total. The smallest absolute Gasteiger partial charge is 0.255 e. The van der Waals surface area contributed by atoms with Crippen LogP contribution in [0.2, 0.25) is 0 Å². The summed E-state index contributed by atoms with van der Waals surface area (Å²) in [6.45, 7) is 3.63. The second kappa shape index (κ2) is 12.7. The maximum atomic E-state index is 14.0. The summed E-state index contributed by atoms with van der Waals surface area (Å²) in [6, 6.07) is 21.1. The van der Waals surface area contributed by atoms with Crippen molar-refractivity contribution in [2.45, 2.75) is 44.8 Å². The largest absolute Gasteiger partial charge is 0.377 e. The highest BCUT2D eigenvalue weighted by molar-refractivity contribution is 6.04. The predicted octanol–water partition coefficient (Wildman–Crippen LogP) is 5.85. The van der Waals surface area contributed by atoms with Gasteiger partial charge in [-0.2, -0.15) is 0 Å². The number of anilines is 2. The molecule has 0 bridgehead atoms. The zero-order chi connectivity index (χ0) is 27.1. The van der Waals surface area contributed by atoms with Crippen molar-refractivity contribution in [3.8, 4) is 0 Å². The van der Waals surface area contributed by atoms with E-state index in [2.05, 4.69) is 5.32 Å². The molecule has 3 aromatic rings. The summed E-state index contributed by atoms with van der Waals surface area (Å²) in [6.07, 6.45) is 2.62. The van der Waals surface area contributed by atoms with Gasteiger partial charge in [0.2, 0.25) is 5.91 Å². The lowest BCUT2D eigenvalue weighted by Gasteiger charge is -2.31. The Hall–Kier alpha value is -3.71. The fraction of sp³-hybridized carbons (Fsp3) is 0.355. The average Bonchev–Trinajstić information content (AvgIpc) is 3.42. The van der Waals surface area contributed by atoms with Crippen LogP contribution in [-0.2, 0) is 16.1 Å². The van der Waals surface area contributed by atoms with Crippen molar-refractivity contribution in [2.75, 3.05) is 37.5 Å². The Morgan fingerprint density at radius 2 is 1.84 bits per heavy atom. The molecule has 0 radical (unpaired) electrons. The fourth-order valence-corrected chi connectivity index (χ4v) is 4.99. The van der Waals surface area contributed by atoms with E-state index in [1.54, 1.807) is 6.07 Å². The van der Waals surface area contributed by atoms with Gasteiger partial charge < -0.3 is 19.9 Å². The van der Waals surface area contributed by atoms with Crippen molar-refractivity contribution in [3.05, 3.63) is 95.3 Å². The van der Waals surface area contributed by atoms with Crippen molar-refractivity contribution in [1.82, 2.24) is 4.90 Å². The molecule has 1 saturated heterocycles. The van der Waals surface area contributed by atoms with E-state index in [1.165, 1.54) is 18.2 Å². The van der Waals surface area contributed by atoms with Gasteiger partial charge in [-0.05, 0) is 66.8 Å². The van der Waals surface area contributed by atoms with Gasteiger partial charge in [0.15, 0.2) is 0 Å². The van der Waals surface area contributed by atoms with Crippen LogP contribution in [0.25, 0.3) is 0 Å². The number of carbonyl (C=O) groups excluding carboxylic acids is 2. The molecule has 0 unspecified atom stereocenters. The highest BCUT2D eigenvalue weighted by Gasteiger charge is 2.29. The molecular weight excluding hydrogens is 481 g/mol. The molecule has 1 N–H and O–H groups in total. The Morgan fingerprint density at radius 1 is 1.05 bits per heavy atom. The van der Waals surface area contributed by atoms with Crippen molar-refractivity contribution in [2.24, 2.45) is 0 Å². The average molecular weight is 518 g/mol. The number of nitrogens with one attached hydrogen (secondary N) is 1. The van der Waals surface area contributed by atoms with Crippen LogP contribution in [0.15, 0.2) is 72.8 Å². The minimum absolute atomic E-state index is 0.00546. The maximum Gasteiger partial charge on any atom is 0.255 e. The first kappa shape index (κ1) is 27.3. The van der Waals surface area contributed by atoms with Crippen LogP contribution in [0.1, 0.15) is 53.6 Å². The normalized spacial score (nSPS) is 15.6. The number of carbonyl (C=O) groups is 2. The maximum absolute atomic E-state index is 14.0. The second-order valence-corrected chi connectivity index (χ2v) is 9.93. The van der Waals surface area contributed by atoms with Gasteiger partial charge >= 0.3 is 0 Å². The standard InChI is InChI=1S/C31H36FN3O3/c1-4-28(22-10-6-5-7-11-22)31(37)35(21-27-14-9-17-38-27)20-24-19-26(15-16-29(24)34(2)3)33-30(36)23-12-8-13-25(32)18-23/h5-8,10-13,15-16,18-19,27-28H,4,9,14,17,20-21H2,1-3H3,(H,33,36)/t27-,28-/m1/s1. The second-order valence-electron chi connectivity index (χ2n) is 9.93. The van der Waals surface area contributed by atoms with Gasteiger partial charge in [-0.15, -0.1) is 0 Å². The number of ether oxygens (including phenoxy) is 1. The third-order valence-corrected chi connectivity index (χ3v) is 6.94. The Balaban J connectivity index is 1.63. The van der Waals surface area contributed by atoms with Crippen LogP contribution in [0.3, 0.4) is 0 Å². The van der Waals surface area contributed by atoms with E-state index in [0.29, 0.717) is 31.8 Å². The van der Waals surface area contributed by atoms with Gasteiger partial charge in [0.05, 0.1) is 12.0 Å². The van der Waals surface area contributed by atoms with Crippen LogP contribution in [-0.4, -0.2) is 50.1 Å². The van der Waals surface area contributed by atoms with E-state index in [-0.39, 0.29) is 23.5 Å². The Kier molecular flexibility index (Phi) is 9.13. The molecular formula is C31H36FN3O3. The van der Waals surface area contributed by atoms with Crippen molar-refractivity contribution < 1.29 is 18.7 Å². The number of nitrogens with zero attached hydrogens (tertiary/aromatic N) is 2. The first-order chi connectivity index (χ1) is 18.4. The van der Waals surface area contributed by atoms with Gasteiger partial charge in [0, 0.05) is 50.7 Å². The quantitative estimate of drug-likeness (QED) is 0.367. The van der Waals surface area contributed by atoms with Crippen LogP contribution >= 0.6 is 0 Å². The molecule has 1 aliphatic rings. The lowest BCUT2D eigenvalue weighted by atomic mass is 9.94. The first-order valence-corrected chi connectivity index (χ1v) is 13.2. The molecule has 200 valence electrons. The topological polar surface area (TPSA) is 61.9 Å². The van der Waals surface area contributed by atoms with Gasteiger partial charge in [-0.1, -0.05) is 43.3 Å². The molecule has 7 heteroatoms. The molecule has 2 amide bonds. The van der Waals surface area contributed by atoms with E-state index >= 15 is 0 Å². The summed E-state index contributed by atoms with van der Waals surface area (Å²) in [7, 11) is 3.91. The summed E-state index contributed by atoms with van der Waals surface area (Å²) >= 11 is 0. The Bertz CT molecular complexity index is 1240. The Morgan fingerprint density at radius 3 is 2.50 bits per heavy atom. The number of hydrogen-bond donors (Lipinski definition) is 1. The SMILES string of the molecule is CC[C@@H](C(=O)N(Cc1cc(NC(=O)c2cccc(F)c2)ccc1N(C)C)C[C@H]1CCCO1)c1ccccc1. The number of benzene rings is 3. The van der Waals surface area contributed by atoms with Crippen molar-refractivity contribution in [1.29, 1.82) is 0 Å². The minimum atomic E-state index is -0.464. The van der Waals surface area contributed by atoms with Crippen molar-refractivity contribution in [3.63, 3.8) is 0 Å². The van der Waals surface area contributed by atoms with Crippen LogP contribution in [0.4, 0.5) is 15.8 Å². The van der Waals surface area contributed by atoms with Gasteiger partial charge in [-0.25, -0.2) is 4.39 Å². The summed E-state index contributed by atoms with van der Waals surface area (Å²) in [4.78, 5) is 30.6. The first-order valence-electron chi connectivity index (χ1n) is 13.2. The molecule has 38 heavy (non-hydrogen) atoms. The highest BCUT2D eigenvalue weighted by Crippen LogP contribution is 2.29. The van der Waals surface area contributed by atoms with Gasteiger partial charge in [-0.3, -0.25) is 9.59 Å². The summed E-state index contributed by atoms with van der Waals surface area (Å²) < 4.78 is 19.6. The van der Waals surface area contributed by atoms with E-state index in [0.717, 1.165) is 29.7 Å². The lowest BCUT2D eigenvalue weighted by molar-refractivity contribution is -0.135. The van der Waals surface area contributed by atoms with Crippen LogP contribution in [0.5, 0.6) is 0 Å². The summed E-state index contributed by atoms with van der Waals surface area (Å²) in [5.74, 6) is -1.05. The molecule has 4 rings (SSSR count). The number of halogens is 1. The molecule has 0 aliphatic carbocycles. The lowest BCUT2D eigenvalue weighted by Crippen LogP contribution is -2.40. The third kappa shape index (κ3) is 6.78. The molecule has 0 aromatic heterocycles. The highest BCUT2D eigenvalue weighted by atomic mass is 19.1. The van der Waals surface area contributed by atoms with Gasteiger partial charge in [0.1, 0.15) is 5.82 Å². The van der Waals surface area contributed by atoms with Gasteiger partial charge in [0.25, 0.3) is 5.91 Å². The van der Waals surface area contributed by atoms with E-state index in [1.807, 2.05) is 79.3 Å². The van der Waals surface area contributed by atoms with E-state index in [4.69, 9.17) is 4.74 Å². The van der Waals surface area contributed by atoms with E-state index in [9.17, 15) is 14.0 Å². The minimum Gasteiger partial charge on any atom is -0.377 e. The third-order valence-electron chi connectivity index (χ3n) is 6.94. The van der Waals surface area contributed by atoms with E-state index < -0.39 is 11.7 Å². The van der Waals surface area contributed by atoms with Crippen LogP contribution < -0.4 is 10.2 Å². The number of amides is 2. The monoisotopic (exact) mass is 517 g/mol. The van der Waals surface area contributed by atoms with Crippen LogP contribution in [0, 0.1) is 5.82 Å². The fourth-order valence-electron chi connectivity index (χ4n) is 4.99. The predicted molar refractivity (Wildman–Crippen MR) is 149 cm³/mol. The molecule has 1 heterocycles. The Labute approximate surface area is 224 Å². The molecule has 0 saturated carbocycles. The number of rotatable bonds is 10. The zero-order valence-electron chi connectivity index (χ0n) is 22.3. The zero-order valence-corrected chi connectivity index (χ0v) is 22.3. The molecule has 1 fully saturated rings. The summed E-state index contributed by atoms with van der Waals surface area (Å²) in [5.41, 5.74) is 3.68. The molecule has 3 aromatic carbocycles.